The molecule has 0 aromatic rings. The van der Waals surface area contributed by atoms with Gasteiger partial charge in [-0.05, 0) is 20.8 Å². The molecule has 0 saturated heterocycles. The van der Waals surface area contributed by atoms with Gasteiger partial charge in [0.15, 0.2) is 0 Å². The third-order valence-corrected chi connectivity index (χ3v) is 0. The SMILES string of the molecule is CC(=O)[O-].CC(=O)[O-].CC(=O)[O-].[Pd+2]. The smallest absolute Gasteiger partial charge is 0.550 e. The third-order valence-electron chi connectivity index (χ3n) is 0. The number of carboxylic acid groups (broad SMARTS) is 3. The Kier molecular flexibility index (Phi) is 30.1. The fraction of sp³-hybridized carbons (Fsp3) is 0.500. The van der Waals surface area contributed by atoms with Crippen molar-refractivity contribution in [2.24, 2.45) is 0 Å². The molecule has 0 aliphatic heterocycles. The Labute approximate surface area is 89.2 Å². The van der Waals surface area contributed by atoms with Crippen LogP contribution < -0.4 is 15.3 Å². The standard InChI is InChI=1S/3C2H4O2.Pd/c3*1-2(3)4;/h3*1H3,(H,3,4);/q;;;+2/p-3. The van der Waals surface area contributed by atoms with E-state index in [1.54, 1.807) is 0 Å². The van der Waals surface area contributed by atoms with Crippen LogP contribution in [0.5, 0.6) is 0 Å². The van der Waals surface area contributed by atoms with Gasteiger partial charge in [-0.2, -0.15) is 0 Å². The number of hydrogen-bond acceptors (Lipinski definition) is 6. The van der Waals surface area contributed by atoms with Crippen LogP contribution in [0.25, 0.3) is 0 Å². The molecule has 0 rings (SSSR count). The van der Waals surface area contributed by atoms with E-state index in [2.05, 4.69) is 0 Å². The Hall–Kier alpha value is -0.928. The van der Waals surface area contributed by atoms with Crippen LogP contribution in [0.2, 0.25) is 0 Å². The van der Waals surface area contributed by atoms with Gasteiger partial charge in [0.25, 0.3) is 0 Å². The first-order valence-corrected chi connectivity index (χ1v) is 2.72. The van der Waals surface area contributed by atoms with E-state index in [0.29, 0.717) is 0 Å². The molecule has 0 aliphatic carbocycles. The monoisotopic (exact) mass is 283 g/mol. The summed E-state index contributed by atoms with van der Waals surface area (Å²) < 4.78 is 0. The minimum absolute atomic E-state index is 0. The summed E-state index contributed by atoms with van der Waals surface area (Å²) in [5.41, 5.74) is 0. The van der Waals surface area contributed by atoms with Crippen molar-refractivity contribution in [2.45, 2.75) is 20.8 Å². The Morgan fingerprint density at radius 3 is 0.692 bits per heavy atom. The minimum atomic E-state index is -1.08. The molecule has 0 aliphatic rings. The van der Waals surface area contributed by atoms with Crippen molar-refractivity contribution in [3.8, 4) is 0 Å². The molecular weight excluding hydrogens is 274 g/mol. The van der Waals surface area contributed by atoms with Crippen LogP contribution in [0.3, 0.4) is 0 Å². The average Bonchev–Trinajstić information content (AvgIpc) is 1.54. The molecule has 13 heavy (non-hydrogen) atoms. The van der Waals surface area contributed by atoms with Crippen molar-refractivity contribution in [1.82, 2.24) is 0 Å². The molecule has 0 heterocycles. The van der Waals surface area contributed by atoms with E-state index < -0.39 is 17.9 Å². The fourth-order valence-corrected chi connectivity index (χ4v) is 0. The summed E-state index contributed by atoms with van der Waals surface area (Å²) in [6, 6.07) is 0. The van der Waals surface area contributed by atoms with Crippen LogP contribution >= 0.6 is 0 Å². The zero-order chi connectivity index (χ0) is 10.7. The maximum Gasteiger partial charge on any atom is 2.00 e. The van der Waals surface area contributed by atoms with E-state index in [1.165, 1.54) is 0 Å². The van der Waals surface area contributed by atoms with Crippen LogP contribution in [0.15, 0.2) is 0 Å². The van der Waals surface area contributed by atoms with Crippen molar-refractivity contribution in [2.75, 3.05) is 0 Å². The molecule has 80 valence electrons. The van der Waals surface area contributed by atoms with Gasteiger partial charge in [-0.1, -0.05) is 0 Å². The zero-order valence-electron chi connectivity index (χ0n) is 7.27. The first-order chi connectivity index (χ1) is 5.20. The predicted octanol–water partition coefficient (Wildman–Crippen LogP) is -3.73. The first-order valence-electron chi connectivity index (χ1n) is 2.72. The van der Waals surface area contributed by atoms with Gasteiger partial charge in [0.1, 0.15) is 0 Å². The zero-order valence-corrected chi connectivity index (χ0v) is 8.82. The number of carbonyl (C=O) groups is 3. The van der Waals surface area contributed by atoms with Crippen LogP contribution in [-0.4, -0.2) is 17.9 Å². The summed E-state index contributed by atoms with van der Waals surface area (Å²) in [6.45, 7) is 2.92. The number of carboxylic acids is 3. The van der Waals surface area contributed by atoms with Gasteiger partial charge in [-0.15, -0.1) is 0 Å². The second-order valence-electron chi connectivity index (χ2n) is 1.47. The van der Waals surface area contributed by atoms with Crippen molar-refractivity contribution in [3.63, 3.8) is 0 Å². The summed E-state index contributed by atoms with van der Waals surface area (Å²) in [5.74, 6) is -3.25. The van der Waals surface area contributed by atoms with E-state index in [9.17, 15) is 0 Å². The van der Waals surface area contributed by atoms with Gasteiger partial charge >= 0.3 is 20.4 Å². The normalized spacial score (nSPS) is 5.77. The third kappa shape index (κ3) is 1060. The Morgan fingerprint density at radius 1 is 0.692 bits per heavy atom. The number of rotatable bonds is 0. The molecule has 0 aromatic carbocycles. The summed E-state index contributed by atoms with van der Waals surface area (Å²) in [7, 11) is 0. The largest absolute Gasteiger partial charge is 2.00 e. The van der Waals surface area contributed by atoms with Crippen LogP contribution in [-0.2, 0) is 34.8 Å². The van der Waals surface area contributed by atoms with Gasteiger partial charge in [0.05, 0.1) is 0 Å². The Balaban J connectivity index is -0.0000000450. The van der Waals surface area contributed by atoms with Crippen LogP contribution in [0.4, 0.5) is 0 Å². The fourth-order valence-electron chi connectivity index (χ4n) is 0. The molecule has 0 radical (unpaired) electrons. The molecule has 0 bridgehead atoms. The molecule has 0 amide bonds. The molecule has 0 saturated carbocycles. The summed E-state index contributed by atoms with van der Waals surface area (Å²) in [4.78, 5) is 26.7. The second kappa shape index (κ2) is 17.2. The molecule has 0 spiro atoms. The maximum atomic E-state index is 8.89. The molecule has 0 N–H and O–H groups in total. The van der Waals surface area contributed by atoms with Crippen molar-refractivity contribution >= 4 is 17.9 Å². The van der Waals surface area contributed by atoms with Gasteiger partial charge in [-0.25, -0.2) is 0 Å². The van der Waals surface area contributed by atoms with Gasteiger partial charge < -0.3 is 29.7 Å². The van der Waals surface area contributed by atoms with E-state index in [-0.39, 0.29) is 20.4 Å². The summed E-state index contributed by atoms with van der Waals surface area (Å²) >= 11 is 0. The topological polar surface area (TPSA) is 120 Å². The molecule has 7 heteroatoms. The van der Waals surface area contributed by atoms with E-state index in [0.717, 1.165) is 20.8 Å². The van der Waals surface area contributed by atoms with Crippen LogP contribution in [0.1, 0.15) is 20.8 Å². The number of carbonyl (C=O) groups excluding carboxylic acids is 3. The van der Waals surface area contributed by atoms with E-state index >= 15 is 0 Å². The molecular formula is C6H9O6Pd-. The minimum Gasteiger partial charge on any atom is -0.550 e. The molecule has 0 atom stereocenters. The van der Waals surface area contributed by atoms with Crippen molar-refractivity contribution in [1.29, 1.82) is 0 Å². The van der Waals surface area contributed by atoms with Gasteiger partial charge in [0.2, 0.25) is 0 Å². The maximum absolute atomic E-state index is 8.89. The van der Waals surface area contributed by atoms with Gasteiger partial charge in [0, 0.05) is 17.9 Å². The molecule has 0 unspecified atom stereocenters. The first kappa shape index (κ1) is 22.7. The van der Waals surface area contributed by atoms with Crippen molar-refractivity contribution < 1.29 is 50.1 Å². The van der Waals surface area contributed by atoms with E-state index in [4.69, 9.17) is 29.7 Å². The van der Waals surface area contributed by atoms with E-state index in [1.807, 2.05) is 0 Å². The Bertz CT molecular complexity index is 115. The molecule has 0 aromatic heterocycles. The Morgan fingerprint density at radius 2 is 0.692 bits per heavy atom. The molecule has 6 nitrogen and oxygen atoms in total. The second-order valence-corrected chi connectivity index (χ2v) is 1.47. The molecule has 0 fully saturated rings. The predicted molar refractivity (Wildman–Crippen MR) is 32.0 cm³/mol. The number of aliphatic carboxylic acids is 3. The van der Waals surface area contributed by atoms with Crippen molar-refractivity contribution in [3.05, 3.63) is 0 Å². The number of hydrogen-bond donors (Lipinski definition) is 0. The van der Waals surface area contributed by atoms with Gasteiger partial charge in [-0.3, -0.25) is 0 Å². The van der Waals surface area contributed by atoms with Crippen LogP contribution in [0, 0.1) is 0 Å². The summed E-state index contributed by atoms with van der Waals surface area (Å²) in [5, 5.41) is 26.7. The quantitative estimate of drug-likeness (QED) is 0.421. The average molecular weight is 284 g/mol. The summed E-state index contributed by atoms with van der Waals surface area (Å²) in [6.07, 6.45) is 0.